The van der Waals surface area contributed by atoms with Gasteiger partial charge in [0.1, 0.15) is 6.04 Å². The second-order valence-electron chi connectivity index (χ2n) is 9.76. The zero-order valence-corrected chi connectivity index (χ0v) is 24.2. The Balaban J connectivity index is 1.82. The number of amides is 2. The molecule has 0 fully saturated rings. The molecule has 3 aromatic rings. The van der Waals surface area contributed by atoms with E-state index < -0.39 is 16.1 Å². The molecule has 39 heavy (non-hydrogen) atoms. The summed E-state index contributed by atoms with van der Waals surface area (Å²) >= 11 is 6.22. The maximum absolute atomic E-state index is 13.7. The van der Waals surface area contributed by atoms with Crippen LogP contribution < -0.4 is 5.32 Å². The van der Waals surface area contributed by atoms with E-state index in [0.29, 0.717) is 17.9 Å². The Labute approximate surface area is 236 Å². The molecular weight excluding hydrogens is 534 g/mol. The minimum absolute atomic E-state index is 0.0788. The third-order valence-electron chi connectivity index (χ3n) is 6.26. The number of hydrogen-bond donors (Lipinski definition) is 1. The molecule has 2 amide bonds. The lowest BCUT2D eigenvalue weighted by molar-refractivity contribution is -0.141. The van der Waals surface area contributed by atoms with Gasteiger partial charge in [-0.3, -0.25) is 9.59 Å². The molecule has 0 saturated carbocycles. The third kappa shape index (κ3) is 8.92. The summed E-state index contributed by atoms with van der Waals surface area (Å²) in [7, 11) is -2.16. The summed E-state index contributed by atoms with van der Waals surface area (Å²) in [6, 6.07) is 24.1. The molecule has 0 bridgehead atoms. The SMILES string of the molecule is CC(C)NC(=O)C(Cc1ccccc1)N(Cc1cccc(Cl)c1)C(=O)CCCN(C)S(=O)(=O)c1ccccc1. The number of halogens is 1. The van der Waals surface area contributed by atoms with Crippen molar-refractivity contribution in [3.63, 3.8) is 0 Å². The van der Waals surface area contributed by atoms with Gasteiger partial charge in [-0.1, -0.05) is 72.3 Å². The molecule has 0 aromatic heterocycles. The van der Waals surface area contributed by atoms with E-state index in [2.05, 4.69) is 5.32 Å². The third-order valence-corrected chi connectivity index (χ3v) is 8.37. The Morgan fingerprint density at radius 2 is 1.51 bits per heavy atom. The topological polar surface area (TPSA) is 86.8 Å². The highest BCUT2D eigenvalue weighted by Crippen LogP contribution is 2.20. The lowest BCUT2D eigenvalue weighted by atomic mass is 10.0. The predicted octanol–water partition coefficient (Wildman–Crippen LogP) is 4.91. The van der Waals surface area contributed by atoms with E-state index in [-0.39, 0.29) is 42.3 Å². The van der Waals surface area contributed by atoms with Crippen LogP contribution >= 0.6 is 11.6 Å². The monoisotopic (exact) mass is 569 g/mol. The first-order valence-electron chi connectivity index (χ1n) is 13.0. The summed E-state index contributed by atoms with van der Waals surface area (Å²) in [5.41, 5.74) is 1.73. The van der Waals surface area contributed by atoms with Gasteiger partial charge in [-0.05, 0) is 55.7 Å². The van der Waals surface area contributed by atoms with E-state index in [1.54, 1.807) is 47.4 Å². The fraction of sp³-hybridized carbons (Fsp3) is 0.333. The molecule has 208 valence electrons. The fourth-order valence-electron chi connectivity index (χ4n) is 4.26. The van der Waals surface area contributed by atoms with E-state index >= 15 is 0 Å². The lowest BCUT2D eigenvalue weighted by Crippen LogP contribution is -2.51. The van der Waals surface area contributed by atoms with Gasteiger partial charge in [-0.25, -0.2) is 12.7 Å². The van der Waals surface area contributed by atoms with Gasteiger partial charge >= 0.3 is 0 Å². The highest BCUT2D eigenvalue weighted by molar-refractivity contribution is 7.89. The van der Waals surface area contributed by atoms with Crippen molar-refractivity contribution in [2.24, 2.45) is 0 Å². The predicted molar refractivity (Wildman–Crippen MR) is 155 cm³/mol. The van der Waals surface area contributed by atoms with E-state index in [0.717, 1.165) is 11.1 Å². The van der Waals surface area contributed by atoms with Crippen molar-refractivity contribution in [2.75, 3.05) is 13.6 Å². The molecule has 0 aliphatic rings. The standard InChI is InChI=1S/C30H36ClN3O4S/c1-23(2)32-30(36)28(21-24-12-6-4-7-13-24)34(22-25-14-10-15-26(31)20-25)29(35)18-11-19-33(3)39(37,38)27-16-8-5-9-17-27/h4-10,12-17,20,23,28H,11,18-19,21-22H2,1-3H3,(H,32,36). The van der Waals surface area contributed by atoms with Gasteiger partial charge in [0.2, 0.25) is 21.8 Å². The molecule has 3 aromatic carbocycles. The molecule has 0 saturated heterocycles. The lowest BCUT2D eigenvalue weighted by Gasteiger charge is -2.32. The molecule has 3 rings (SSSR count). The van der Waals surface area contributed by atoms with Gasteiger partial charge in [0.25, 0.3) is 0 Å². The smallest absolute Gasteiger partial charge is 0.243 e. The highest BCUT2D eigenvalue weighted by atomic mass is 35.5. The fourth-order valence-corrected chi connectivity index (χ4v) is 5.70. The van der Waals surface area contributed by atoms with Crippen LogP contribution in [-0.2, 0) is 32.6 Å². The van der Waals surface area contributed by atoms with Crippen molar-refractivity contribution in [1.29, 1.82) is 0 Å². The molecule has 0 radical (unpaired) electrons. The molecule has 0 heterocycles. The van der Waals surface area contributed by atoms with E-state index in [4.69, 9.17) is 11.6 Å². The molecular formula is C30H36ClN3O4S. The van der Waals surface area contributed by atoms with Crippen LogP contribution in [0, 0.1) is 0 Å². The highest BCUT2D eigenvalue weighted by Gasteiger charge is 2.31. The number of nitrogens with zero attached hydrogens (tertiary/aromatic N) is 2. The van der Waals surface area contributed by atoms with Gasteiger partial charge in [0, 0.05) is 44.0 Å². The summed E-state index contributed by atoms with van der Waals surface area (Å²) in [6.07, 6.45) is 0.723. The maximum Gasteiger partial charge on any atom is 0.243 e. The number of sulfonamides is 1. The summed E-state index contributed by atoms with van der Waals surface area (Å²) < 4.78 is 27.0. The molecule has 7 nitrogen and oxygen atoms in total. The number of nitrogens with one attached hydrogen (secondary N) is 1. The molecule has 1 unspecified atom stereocenters. The zero-order valence-electron chi connectivity index (χ0n) is 22.6. The van der Waals surface area contributed by atoms with Gasteiger partial charge in [-0.2, -0.15) is 0 Å². The molecule has 0 spiro atoms. The van der Waals surface area contributed by atoms with Crippen LogP contribution in [0.15, 0.2) is 89.8 Å². The Kier molecular flexibility index (Phi) is 11.1. The average molecular weight is 570 g/mol. The maximum atomic E-state index is 13.7. The first-order valence-corrected chi connectivity index (χ1v) is 14.8. The normalized spacial score (nSPS) is 12.4. The van der Waals surface area contributed by atoms with Crippen LogP contribution in [0.5, 0.6) is 0 Å². The molecule has 9 heteroatoms. The van der Waals surface area contributed by atoms with Crippen molar-refractivity contribution >= 4 is 33.4 Å². The summed E-state index contributed by atoms with van der Waals surface area (Å²) in [5, 5.41) is 3.50. The minimum atomic E-state index is -3.66. The number of carbonyl (C=O) groups is 2. The number of benzene rings is 3. The van der Waals surface area contributed by atoms with Crippen molar-refractivity contribution in [1.82, 2.24) is 14.5 Å². The Morgan fingerprint density at radius 1 is 0.897 bits per heavy atom. The molecule has 0 aliphatic carbocycles. The van der Waals surface area contributed by atoms with Crippen LogP contribution in [0.3, 0.4) is 0 Å². The number of rotatable bonds is 13. The second-order valence-corrected chi connectivity index (χ2v) is 12.2. The first-order chi connectivity index (χ1) is 18.6. The first kappa shape index (κ1) is 30.3. The van der Waals surface area contributed by atoms with Crippen LogP contribution in [0.1, 0.15) is 37.8 Å². The summed E-state index contributed by atoms with van der Waals surface area (Å²) in [6.45, 7) is 4.11. The molecule has 0 aliphatic heterocycles. The van der Waals surface area contributed by atoms with Gasteiger partial charge < -0.3 is 10.2 Å². The van der Waals surface area contributed by atoms with Crippen LogP contribution in [0.25, 0.3) is 0 Å². The minimum Gasteiger partial charge on any atom is -0.352 e. The van der Waals surface area contributed by atoms with Gasteiger partial charge in [0.15, 0.2) is 0 Å². The van der Waals surface area contributed by atoms with Crippen molar-refractivity contribution < 1.29 is 18.0 Å². The summed E-state index contributed by atoms with van der Waals surface area (Å²) in [5.74, 6) is -0.478. The molecule has 1 atom stereocenters. The Morgan fingerprint density at radius 3 is 2.13 bits per heavy atom. The molecule has 1 N–H and O–H groups in total. The van der Waals surface area contributed by atoms with E-state index in [1.807, 2.05) is 56.3 Å². The number of hydrogen-bond acceptors (Lipinski definition) is 4. The van der Waals surface area contributed by atoms with Crippen LogP contribution in [-0.4, -0.2) is 55.1 Å². The van der Waals surface area contributed by atoms with Gasteiger partial charge in [-0.15, -0.1) is 0 Å². The number of carbonyl (C=O) groups excluding carboxylic acids is 2. The van der Waals surface area contributed by atoms with Crippen LogP contribution in [0.4, 0.5) is 0 Å². The van der Waals surface area contributed by atoms with E-state index in [9.17, 15) is 18.0 Å². The summed E-state index contributed by atoms with van der Waals surface area (Å²) in [4.78, 5) is 28.9. The average Bonchev–Trinajstić information content (AvgIpc) is 2.91. The van der Waals surface area contributed by atoms with E-state index in [1.165, 1.54) is 11.4 Å². The second kappa shape index (κ2) is 14.3. The van der Waals surface area contributed by atoms with Crippen molar-refractivity contribution in [3.05, 3.63) is 101 Å². The van der Waals surface area contributed by atoms with Crippen molar-refractivity contribution in [3.8, 4) is 0 Å². The quantitative estimate of drug-likeness (QED) is 0.317. The Bertz CT molecular complexity index is 1330. The van der Waals surface area contributed by atoms with Crippen LogP contribution in [0.2, 0.25) is 5.02 Å². The van der Waals surface area contributed by atoms with Gasteiger partial charge in [0.05, 0.1) is 4.90 Å². The zero-order chi connectivity index (χ0) is 28.4. The largest absolute Gasteiger partial charge is 0.352 e. The van der Waals surface area contributed by atoms with Crippen molar-refractivity contribution in [2.45, 2.75) is 56.6 Å². The Hall–Kier alpha value is -3.20.